The molecule has 1 saturated heterocycles. The lowest BCUT2D eigenvalue weighted by Crippen LogP contribution is -2.41. The molecule has 1 aromatic carbocycles. The van der Waals surface area contributed by atoms with Crippen molar-refractivity contribution in [2.45, 2.75) is 23.8 Å². The summed E-state index contributed by atoms with van der Waals surface area (Å²) in [5, 5.41) is 0.194. The van der Waals surface area contributed by atoms with Crippen LogP contribution in [0, 0.1) is 0 Å². The second-order valence-electron chi connectivity index (χ2n) is 5.38. The summed E-state index contributed by atoms with van der Waals surface area (Å²) in [6.07, 6.45) is 2.00. The van der Waals surface area contributed by atoms with Crippen LogP contribution in [0.25, 0.3) is 0 Å². The topological polar surface area (TPSA) is 58.6 Å². The zero-order valence-electron chi connectivity index (χ0n) is 12.7. The van der Waals surface area contributed by atoms with Crippen molar-refractivity contribution >= 4 is 49.2 Å². The molecule has 0 bridgehead atoms. The van der Waals surface area contributed by atoms with Crippen molar-refractivity contribution in [3.8, 4) is 0 Å². The number of sulfonamides is 1. The summed E-state index contributed by atoms with van der Waals surface area (Å²) in [6, 6.07) is 3.19. The average molecular weight is 446 g/mol. The van der Waals surface area contributed by atoms with Crippen molar-refractivity contribution in [3.05, 3.63) is 26.7 Å². The molecule has 0 spiro atoms. The van der Waals surface area contributed by atoms with Gasteiger partial charge in [0.15, 0.2) is 0 Å². The van der Waals surface area contributed by atoms with Gasteiger partial charge in [0.1, 0.15) is 4.90 Å². The number of nitrogens with one attached hydrogen (secondary N) is 1. The Morgan fingerprint density at radius 1 is 1.39 bits per heavy atom. The summed E-state index contributed by atoms with van der Waals surface area (Å²) in [4.78, 5) is 2.15. The number of hydrogen-bond acceptors (Lipinski definition) is 4. The van der Waals surface area contributed by atoms with E-state index in [2.05, 4.69) is 25.6 Å². The maximum Gasteiger partial charge on any atom is 0.243 e. The summed E-state index contributed by atoms with van der Waals surface area (Å²) >= 11 is 15.3. The largest absolute Gasteiger partial charge is 0.383 e. The molecule has 0 amide bonds. The Balaban J connectivity index is 2.07. The Labute approximate surface area is 155 Å². The zero-order valence-corrected chi connectivity index (χ0v) is 16.6. The van der Waals surface area contributed by atoms with Gasteiger partial charge >= 0.3 is 0 Å². The molecule has 1 aliphatic heterocycles. The van der Waals surface area contributed by atoms with Gasteiger partial charge in [0.05, 0.1) is 16.7 Å². The Morgan fingerprint density at radius 3 is 2.65 bits per heavy atom. The van der Waals surface area contributed by atoms with Gasteiger partial charge in [-0.2, -0.15) is 0 Å². The van der Waals surface area contributed by atoms with Crippen LogP contribution in [0.3, 0.4) is 0 Å². The number of ether oxygens (including phenoxy) is 1. The number of nitrogens with zero attached hydrogens (tertiary/aromatic N) is 1. The minimum Gasteiger partial charge on any atom is -0.383 e. The summed E-state index contributed by atoms with van der Waals surface area (Å²) in [7, 11) is -2.10. The van der Waals surface area contributed by atoms with E-state index in [0.717, 1.165) is 25.9 Å². The van der Waals surface area contributed by atoms with E-state index < -0.39 is 10.0 Å². The molecule has 1 aliphatic rings. The van der Waals surface area contributed by atoms with E-state index in [0.29, 0.717) is 17.6 Å². The van der Waals surface area contributed by atoms with E-state index in [9.17, 15) is 8.42 Å². The van der Waals surface area contributed by atoms with Crippen LogP contribution in [0.2, 0.25) is 10.0 Å². The molecule has 1 aromatic rings. The lowest BCUT2D eigenvalue weighted by Gasteiger charge is -2.24. The van der Waals surface area contributed by atoms with Gasteiger partial charge in [-0.25, -0.2) is 13.1 Å². The highest BCUT2D eigenvalue weighted by molar-refractivity contribution is 9.10. The predicted octanol–water partition coefficient (Wildman–Crippen LogP) is 3.15. The Bertz CT molecular complexity index is 634. The molecule has 5 nitrogen and oxygen atoms in total. The van der Waals surface area contributed by atoms with Crippen molar-refractivity contribution in [3.63, 3.8) is 0 Å². The third-order valence-electron chi connectivity index (χ3n) is 3.82. The van der Waals surface area contributed by atoms with E-state index in [-0.39, 0.29) is 21.0 Å². The smallest absolute Gasteiger partial charge is 0.243 e. The number of rotatable bonds is 7. The van der Waals surface area contributed by atoms with Gasteiger partial charge in [-0.15, -0.1) is 0 Å². The monoisotopic (exact) mass is 444 g/mol. The number of halogens is 3. The number of methoxy groups -OCH3 is 1. The molecule has 0 aromatic heterocycles. The molecule has 0 saturated carbocycles. The standard InChI is InChI=1S/C14H19BrCl2N2O3S/c1-22-6-5-19-4-2-3-11(19)9-18-23(20,21)14-12(16)7-10(15)8-13(14)17/h7-8,11,18H,2-6,9H2,1H3. The first-order chi connectivity index (χ1) is 10.8. The van der Waals surface area contributed by atoms with E-state index >= 15 is 0 Å². The van der Waals surface area contributed by atoms with Gasteiger partial charge in [-0.05, 0) is 31.5 Å². The minimum atomic E-state index is -3.76. The second-order valence-corrected chi connectivity index (χ2v) is 8.81. The summed E-state index contributed by atoms with van der Waals surface area (Å²) in [6.45, 7) is 2.71. The predicted molar refractivity (Wildman–Crippen MR) is 95.8 cm³/mol. The molecule has 1 fully saturated rings. The van der Waals surface area contributed by atoms with Crippen molar-refractivity contribution in [1.29, 1.82) is 0 Å². The van der Waals surface area contributed by atoms with Crippen molar-refractivity contribution in [2.75, 3.05) is 33.4 Å². The average Bonchev–Trinajstić information content (AvgIpc) is 2.89. The fraction of sp³-hybridized carbons (Fsp3) is 0.571. The molecule has 0 radical (unpaired) electrons. The molecule has 1 unspecified atom stereocenters. The van der Waals surface area contributed by atoms with E-state index in [1.807, 2.05) is 0 Å². The van der Waals surface area contributed by atoms with E-state index in [4.69, 9.17) is 27.9 Å². The van der Waals surface area contributed by atoms with Crippen molar-refractivity contribution in [1.82, 2.24) is 9.62 Å². The molecule has 130 valence electrons. The molecular formula is C14H19BrCl2N2O3S. The molecule has 2 rings (SSSR count). The number of hydrogen-bond donors (Lipinski definition) is 1. The lowest BCUT2D eigenvalue weighted by atomic mass is 10.2. The Morgan fingerprint density at radius 2 is 2.04 bits per heavy atom. The molecule has 1 atom stereocenters. The molecular weight excluding hydrogens is 427 g/mol. The van der Waals surface area contributed by atoms with Gasteiger partial charge in [-0.3, -0.25) is 4.90 Å². The first-order valence-electron chi connectivity index (χ1n) is 7.22. The Kier molecular flexibility index (Phi) is 7.16. The first-order valence-corrected chi connectivity index (χ1v) is 10.3. The fourth-order valence-corrected chi connectivity index (χ4v) is 5.70. The van der Waals surface area contributed by atoms with Crippen LogP contribution >= 0.6 is 39.1 Å². The Hall–Kier alpha value is 0.110. The summed E-state index contributed by atoms with van der Waals surface area (Å²) in [5.74, 6) is 0. The van der Waals surface area contributed by atoms with Crippen LogP contribution in [0.4, 0.5) is 0 Å². The van der Waals surface area contributed by atoms with Gasteiger partial charge in [0.2, 0.25) is 10.0 Å². The van der Waals surface area contributed by atoms with Crippen LogP contribution in [0.5, 0.6) is 0 Å². The van der Waals surface area contributed by atoms with Crippen LogP contribution < -0.4 is 4.72 Å². The highest BCUT2D eigenvalue weighted by Crippen LogP contribution is 2.32. The molecule has 1 N–H and O–H groups in total. The highest BCUT2D eigenvalue weighted by atomic mass is 79.9. The molecule has 0 aliphatic carbocycles. The fourth-order valence-electron chi connectivity index (χ4n) is 2.69. The highest BCUT2D eigenvalue weighted by Gasteiger charge is 2.28. The maximum atomic E-state index is 12.5. The van der Waals surface area contributed by atoms with Gasteiger partial charge in [-0.1, -0.05) is 39.1 Å². The third-order valence-corrected chi connectivity index (χ3v) is 6.62. The number of likely N-dealkylation sites (tertiary alicyclic amines) is 1. The van der Waals surface area contributed by atoms with E-state index in [1.54, 1.807) is 7.11 Å². The van der Waals surface area contributed by atoms with Crippen LogP contribution in [-0.2, 0) is 14.8 Å². The normalized spacial score (nSPS) is 19.4. The summed E-state index contributed by atoms with van der Waals surface area (Å²) in [5.41, 5.74) is 0. The molecule has 9 heteroatoms. The first kappa shape index (κ1) is 19.4. The van der Waals surface area contributed by atoms with Gasteiger partial charge in [0.25, 0.3) is 0 Å². The maximum absolute atomic E-state index is 12.5. The van der Waals surface area contributed by atoms with Gasteiger partial charge in [0, 0.05) is 30.7 Å². The quantitative estimate of drug-likeness (QED) is 0.700. The van der Waals surface area contributed by atoms with Crippen LogP contribution in [-0.4, -0.2) is 52.7 Å². The molecule has 23 heavy (non-hydrogen) atoms. The van der Waals surface area contributed by atoms with Gasteiger partial charge < -0.3 is 4.74 Å². The second kappa shape index (κ2) is 8.47. The van der Waals surface area contributed by atoms with Crippen molar-refractivity contribution in [2.24, 2.45) is 0 Å². The number of benzene rings is 1. The summed E-state index contributed by atoms with van der Waals surface area (Å²) < 4.78 is 33.4. The SMILES string of the molecule is COCCN1CCCC1CNS(=O)(=O)c1c(Cl)cc(Br)cc1Cl. The minimum absolute atomic E-state index is 0.0783. The zero-order chi connectivity index (χ0) is 17.0. The molecule has 1 heterocycles. The van der Waals surface area contributed by atoms with Crippen LogP contribution in [0.15, 0.2) is 21.5 Å². The lowest BCUT2D eigenvalue weighted by molar-refractivity contribution is 0.141. The van der Waals surface area contributed by atoms with Crippen molar-refractivity contribution < 1.29 is 13.2 Å². The van der Waals surface area contributed by atoms with E-state index in [1.165, 1.54) is 12.1 Å². The third kappa shape index (κ3) is 5.04. The van der Waals surface area contributed by atoms with Crippen LogP contribution in [0.1, 0.15) is 12.8 Å².